The van der Waals surface area contributed by atoms with Crippen molar-refractivity contribution in [3.63, 3.8) is 0 Å². The van der Waals surface area contributed by atoms with Crippen LogP contribution in [-0.2, 0) is 16.4 Å². The smallest absolute Gasteiger partial charge is 0.249 e. The summed E-state index contributed by atoms with van der Waals surface area (Å²) >= 11 is 0. The van der Waals surface area contributed by atoms with Crippen LogP contribution in [0.5, 0.6) is 0 Å². The number of primary amides is 1. The largest absolute Gasteiger partial charge is 0.366 e. The van der Waals surface area contributed by atoms with Gasteiger partial charge in [-0.15, -0.1) is 0 Å². The Hall–Kier alpha value is -3.19. The fourth-order valence-corrected chi connectivity index (χ4v) is 4.24. The first-order valence-corrected chi connectivity index (χ1v) is 10.4. The fraction of sp³-hybridized carbons (Fsp3) is 0.0952. The van der Waals surface area contributed by atoms with Gasteiger partial charge < -0.3 is 10.3 Å². The number of benzene rings is 3. The average Bonchev–Trinajstić information content (AvgIpc) is 2.94. The van der Waals surface area contributed by atoms with Crippen LogP contribution in [0.4, 0.5) is 4.39 Å². The molecule has 28 heavy (non-hydrogen) atoms. The van der Waals surface area contributed by atoms with Crippen molar-refractivity contribution in [1.82, 2.24) is 4.57 Å². The summed E-state index contributed by atoms with van der Waals surface area (Å²) in [5.41, 5.74) is 7.98. The van der Waals surface area contributed by atoms with E-state index in [2.05, 4.69) is 0 Å². The van der Waals surface area contributed by atoms with E-state index < -0.39 is 21.6 Å². The minimum Gasteiger partial charge on any atom is -0.366 e. The molecule has 0 aliphatic heterocycles. The molecule has 5 nitrogen and oxygen atoms in total. The molecule has 0 bridgehead atoms. The van der Waals surface area contributed by atoms with Crippen molar-refractivity contribution in [2.45, 2.75) is 11.4 Å². The van der Waals surface area contributed by atoms with Crippen LogP contribution in [-0.4, -0.2) is 25.1 Å². The van der Waals surface area contributed by atoms with E-state index in [4.69, 9.17) is 5.73 Å². The molecule has 0 aliphatic rings. The molecule has 0 fully saturated rings. The molecule has 1 aromatic heterocycles. The molecule has 0 saturated heterocycles. The Morgan fingerprint density at radius 2 is 1.79 bits per heavy atom. The lowest BCUT2D eigenvalue weighted by molar-refractivity contribution is 0.100. The van der Waals surface area contributed by atoms with E-state index in [-0.39, 0.29) is 4.90 Å². The third-order valence-corrected chi connectivity index (χ3v) is 5.90. The van der Waals surface area contributed by atoms with Gasteiger partial charge in [-0.2, -0.15) is 0 Å². The zero-order chi connectivity index (χ0) is 20.1. The highest BCUT2D eigenvalue weighted by Crippen LogP contribution is 2.33. The maximum atomic E-state index is 14.0. The number of nitrogens with two attached hydrogens (primary N) is 1. The first-order chi connectivity index (χ1) is 13.3. The van der Waals surface area contributed by atoms with Crippen LogP contribution in [0, 0.1) is 5.82 Å². The summed E-state index contributed by atoms with van der Waals surface area (Å²) in [5, 5.41) is 1.37. The van der Waals surface area contributed by atoms with Gasteiger partial charge in [-0.25, -0.2) is 12.8 Å². The van der Waals surface area contributed by atoms with Crippen LogP contribution in [0.15, 0.2) is 65.6 Å². The van der Waals surface area contributed by atoms with Gasteiger partial charge in [-0.3, -0.25) is 4.79 Å². The van der Waals surface area contributed by atoms with Crippen molar-refractivity contribution in [3.8, 4) is 0 Å². The molecule has 4 rings (SSSR count). The molecule has 0 spiro atoms. The summed E-state index contributed by atoms with van der Waals surface area (Å²) in [6, 6.07) is 16.2. The van der Waals surface area contributed by atoms with Crippen LogP contribution < -0.4 is 5.73 Å². The van der Waals surface area contributed by atoms with Crippen molar-refractivity contribution in [2.75, 3.05) is 6.26 Å². The van der Waals surface area contributed by atoms with Gasteiger partial charge in [0.2, 0.25) is 5.91 Å². The Morgan fingerprint density at radius 1 is 1.04 bits per heavy atom. The quantitative estimate of drug-likeness (QED) is 0.573. The lowest BCUT2D eigenvalue weighted by atomic mass is 10.1. The van der Waals surface area contributed by atoms with Gasteiger partial charge >= 0.3 is 0 Å². The molecule has 2 N–H and O–H groups in total. The maximum absolute atomic E-state index is 14.0. The lowest BCUT2D eigenvalue weighted by Crippen LogP contribution is -2.11. The van der Waals surface area contributed by atoms with Gasteiger partial charge in [0, 0.05) is 29.1 Å². The third-order valence-electron chi connectivity index (χ3n) is 4.79. The van der Waals surface area contributed by atoms with Crippen molar-refractivity contribution >= 4 is 37.6 Å². The lowest BCUT2D eigenvalue weighted by Gasteiger charge is -2.09. The highest BCUT2D eigenvalue weighted by atomic mass is 32.2. The van der Waals surface area contributed by atoms with Gasteiger partial charge in [0.1, 0.15) is 5.82 Å². The van der Waals surface area contributed by atoms with E-state index >= 15 is 0 Å². The summed E-state index contributed by atoms with van der Waals surface area (Å²) in [5.74, 6) is -0.963. The van der Waals surface area contributed by atoms with Gasteiger partial charge in [-0.05, 0) is 48.0 Å². The van der Waals surface area contributed by atoms with Crippen LogP contribution in [0.3, 0.4) is 0 Å². The van der Waals surface area contributed by atoms with Gasteiger partial charge in [0.15, 0.2) is 9.84 Å². The average molecular weight is 396 g/mol. The number of fused-ring (bicyclic) bond motifs is 3. The number of carbonyl (C=O) groups excluding carboxylic acids is 1. The molecule has 0 unspecified atom stereocenters. The summed E-state index contributed by atoms with van der Waals surface area (Å²) in [4.78, 5) is 12.1. The predicted molar refractivity (Wildman–Crippen MR) is 107 cm³/mol. The SMILES string of the molecule is CS(=O)(=O)c1cccc(Cn2c3cc(F)ccc3c3c(C(N)=O)cccc32)c1. The molecular formula is C21H17FN2O3S. The molecule has 1 amide bonds. The van der Waals surface area contributed by atoms with E-state index in [0.29, 0.717) is 28.4 Å². The molecule has 0 saturated carbocycles. The molecular weight excluding hydrogens is 379 g/mol. The van der Waals surface area contributed by atoms with Crippen LogP contribution in [0.25, 0.3) is 21.8 Å². The Bertz CT molecular complexity index is 1360. The number of amides is 1. The summed E-state index contributed by atoms with van der Waals surface area (Å²) < 4.78 is 39.6. The van der Waals surface area contributed by atoms with Crippen molar-refractivity contribution < 1.29 is 17.6 Å². The van der Waals surface area contributed by atoms with Crippen LogP contribution in [0.2, 0.25) is 0 Å². The van der Waals surface area contributed by atoms with E-state index in [1.54, 1.807) is 30.3 Å². The number of nitrogens with zero attached hydrogens (tertiary/aromatic N) is 1. The van der Waals surface area contributed by atoms with E-state index in [9.17, 15) is 17.6 Å². The molecule has 0 atom stereocenters. The molecule has 142 valence electrons. The Balaban J connectivity index is 2.00. The molecule has 1 heterocycles. The number of aromatic nitrogens is 1. The number of hydrogen-bond acceptors (Lipinski definition) is 3. The Morgan fingerprint density at radius 3 is 2.50 bits per heavy atom. The first-order valence-electron chi connectivity index (χ1n) is 8.55. The molecule has 4 aromatic rings. The van der Waals surface area contributed by atoms with E-state index in [1.807, 2.05) is 16.7 Å². The normalized spacial score (nSPS) is 11.9. The summed E-state index contributed by atoms with van der Waals surface area (Å²) in [6.45, 7) is 0.315. The monoisotopic (exact) mass is 396 g/mol. The van der Waals surface area contributed by atoms with Gasteiger partial charge in [0.05, 0.1) is 15.9 Å². The second-order valence-electron chi connectivity index (χ2n) is 6.73. The molecule has 0 radical (unpaired) electrons. The topological polar surface area (TPSA) is 82.2 Å². The van der Waals surface area contributed by atoms with Crippen LogP contribution in [0.1, 0.15) is 15.9 Å². The van der Waals surface area contributed by atoms with E-state index in [0.717, 1.165) is 17.3 Å². The van der Waals surface area contributed by atoms with E-state index in [1.165, 1.54) is 18.2 Å². The van der Waals surface area contributed by atoms with Gasteiger partial charge in [-0.1, -0.05) is 18.2 Å². The molecule has 7 heteroatoms. The van der Waals surface area contributed by atoms with Gasteiger partial charge in [0.25, 0.3) is 0 Å². The standard InChI is InChI=1S/C21H17FN2O3S/c1-28(26,27)15-5-2-4-13(10-15)12-24-18-7-3-6-17(21(23)25)20(18)16-9-8-14(22)11-19(16)24/h2-11H,12H2,1H3,(H2,23,25). The molecule has 0 aliphatic carbocycles. The number of halogens is 1. The zero-order valence-electron chi connectivity index (χ0n) is 15.0. The summed E-state index contributed by atoms with van der Waals surface area (Å²) in [6.07, 6.45) is 1.15. The van der Waals surface area contributed by atoms with Crippen molar-refractivity contribution in [2.24, 2.45) is 5.73 Å². The number of hydrogen-bond donors (Lipinski definition) is 1. The minimum absolute atomic E-state index is 0.217. The number of carbonyl (C=O) groups is 1. The fourth-order valence-electron chi connectivity index (χ4n) is 3.55. The Kier molecular flexibility index (Phi) is 4.19. The van der Waals surface area contributed by atoms with Crippen molar-refractivity contribution in [1.29, 1.82) is 0 Å². The zero-order valence-corrected chi connectivity index (χ0v) is 15.8. The number of rotatable bonds is 4. The highest BCUT2D eigenvalue weighted by molar-refractivity contribution is 7.90. The second-order valence-corrected chi connectivity index (χ2v) is 8.75. The molecule has 3 aromatic carbocycles. The number of sulfone groups is 1. The predicted octanol–water partition coefficient (Wildman–Crippen LogP) is 3.48. The highest BCUT2D eigenvalue weighted by Gasteiger charge is 2.17. The Labute approximate surface area is 161 Å². The van der Waals surface area contributed by atoms with Crippen molar-refractivity contribution in [3.05, 3.63) is 77.6 Å². The first kappa shape index (κ1) is 18.2. The third kappa shape index (κ3) is 3.03. The second kappa shape index (κ2) is 6.45. The summed E-state index contributed by atoms with van der Waals surface area (Å²) in [7, 11) is -3.34. The maximum Gasteiger partial charge on any atom is 0.249 e. The minimum atomic E-state index is -3.34. The van der Waals surface area contributed by atoms with Crippen LogP contribution >= 0.6 is 0 Å².